The van der Waals surface area contributed by atoms with E-state index in [0.717, 1.165) is 37.9 Å². The molecule has 18 heavy (non-hydrogen) atoms. The first-order valence-corrected chi connectivity index (χ1v) is 6.75. The van der Waals surface area contributed by atoms with Gasteiger partial charge in [0.1, 0.15) is 5.82 Å². The number of nitrogens with one attached hydrogen (secondary N) is 1. The fourth-order valence-corrected chi connectivity index (χ4v) is 1.97. The van der Waals surface area contributed by atoms with Gasteiger partial charge in [0.2, 0.25) is 0 Å². The van der Waals surface area contributed by atoms with Crippen molar-refractivity contribution in [3.63, 3.8) is 0 Å². The van der Waals surface area contributed by atoms with Crippen LogP contribution in [0.3, 0.4) is 0 Å². The quantitative estimate of drug-likeness (QED) is 0.765. The number of nitrogens with zero attached hydrogens (tertiary/aromatic N) is 1. The summed E-state index contributed by atoms with van der Waals surface area (Å²) >= 11 is 0. The molecular formula is C15H25FN2. The zero-order chi connectivity index (χ0) is 13.4. The molecule has 0 saturated carbocycles. The van der Waals surface area contributed by atoms with Crippen molar-refractivity contribution in [3.8, 4) is 0 Å². The first kappa shape index (κ1) is 15.1. The number of hydrogen-bond acceptors (Lipinski definition) is 2. The van der Waals surface area contributed by atoms with E-state index >= 15 is 0 Å². The van der Waals surface area contributed by atoms with Crippen LogP contribution in [0.25, 0.3) is 0 Å². The molecule has 0 aromatic heterocycles. The van der Waals surface area contributed by atoms with Crippen LogP contribution in [0.15, 0.2) is 24.3 Å². The van der Waals surface area contributed by atoms with Crippen molar-refractivity contribution in [1.29, 1.82) is 0 Å². The van der Waals surface area contributed by atoms with Gasteiger partial charge in [0, 0.05) is 6.04 Å². The van der Waals surface area contributed by atoms with Crippen molar-refractivity contribution in [3.05, 3.63) is 35.6 Å². The molecule has 3 heteroatoms. The highest BCUT2D eigenvalue weighted by Gasteiger charge is 2.11. The van der Waals surface area contributed by atoms with Gasteiger partial charge in [0.15, 0.2) is 0 Å². The molecule has 1 aromatic rings. The van der Waals surface area contributed by atoms with Gasteiger partial charge in [-0.3, -0.25) is 0 Å². The molecule has 0 aliphatic carbocycles. The predicted octanol–water partition coefficient (Wildman–Crippen LogP) is 2.69. The van der Waals surface area contributed by atoms with Gasteiger partial charge >= 0.3 is 0 Å². The lowest BCUT2D eigenvalue weighted by atomic mass is 10.0. The van der Waals surface area contributed by atoms with Crippen molar-refractivity contribution >= 4 is 0 Å². The molecule has 0 saturated heterocycles. The fourth-order valence-electron chi connectivity index (χ4n) is 1.97. The summed E-state index contributed by atoms with van der Waals surface area (Å²) in [6, 6.07) is 7.42. The van der Waals surface area contributed by atoms with Gasteiger partial charge in [-0.05, 0) is 58.1 Å². The van der Waals surface area contributed by atoms with Crippen LogP contribution in [0.1, 0.15) is 25.3 Å². The summed E-state index contributed by atoms with van der Waals surface area (Å²) in [7, 11) is 4.14. The van der Waals surface area contributed by atoms with E-state index in [1.54, 1.807) is 6.07 Å². The van der Waals surface area contributed by atoms with Crippen molar-refractivity contribution < 1.29 is 4.39 Å². The minimum absolute atomic E-state index is 0.0920. The van der Waals surface area contributed by atoms with Crippen LogP contribution in [0.2, 0.25) is 0 Å². The smallest absolute Gasteiger partial charge is 0.126 e. The van der Waals surface area contributed by atoms with E-state index < -0.39 is 0 Å². The predicted molar refractivity (Wildman–Crippen MR) is 75.4 cm³/mol. The summed E-state index contributed by atoms with van der Waals surface area (Å²) in [4.78, 5) is 2.17. The molecule has 1 unspecified atom stereocenters. The van der Waals surface area contributed by atoms with Crippen LogP contribution < -0.4 is 5.32 Å². The molecule has 0 aliphatic heterocycles. The van der Waals surface area contributed by atoms with Crippen LogP contribution in [0, 0.1) is 5.82 Å². The van der Waals surface area contributed by atoms with E-state index in [9.17, 15) is 4.39 Å². The molecule has 1 N–H and O–H groups in total. The largest absolute Gasteiger partial charge is 0.314 e. The molecule has 0 amide bonds. The lowest BCUT2D eigenvalue weighted by Crippen LogP contribution is -2.34. The van der Waals surface area contributed by atoms with E-state index in [4.69, 9.17) is 0 Å². The zero-order valence-electron chi connectivity index (χ0n) is 11.7. The Morgan fingerprint density at radius 2 is 2.00 bits per heavy atom. The highest BCUT2D eigenvalue weighted by molar-refractivity contribution is 5.18. The first-order valence-electron chi connectivity index (χ1n) is 6.75. The molecule has 0 radical (unpaired) electrons. The van der Waals surface area contributed by atoms with Crippen LogP contribution in [-0.2, 0) is 6.42 Å². The molecule has 0 spiro atoms. The Kier molecular flexibility index (Phi) is 6.91. The first-order chi connectivity index (χ1) is 8.63. The Morgan fingerprint density at radius 1 is 1.28 bits per heavy atom. The molecule has 102 valence electrons. The highest BCUT2D eigenvalue weighted by atomic mass is 19.1. The Bertz CT molecular complexity index is 339. The van der Waals surface area contributed by atoms with Crippen LogP contribution in [0.5, 0.6) is 0 Å². The standard InChI is InChI=1S/C15H25FN2/c1-4-10-17-14(9-11-18(2)3)12-13-7-5-6-8-15(13)16/h5-8,14,17H,4,9-12H2,1-3H3. The lowest BCUT2D eigenvalue weighted by molar-refractivity contribution is 0.355. The minimum atomic E-state index is -0.0920. The molecular weight excluding hydrogens is 227 g/mol. The monoisotopic (exact) mass is 252 g/mol. The Balaban J connectivity index is 2.56. The van der Waals surface area contributed by atoms with Crippen LogP contribution in [0.4, 0.5) is 4.39 Å². The molecule has 1 atom stereocenters. The molecule has 0 heterocycles. The van der Waals surface area contributed by atoms with Crippen molar-refractivity contribution in [2.75, 3.05) is 27.2 Å². The molecule has 1 aromatic carbocycles. The molecule has 1 rings (SSSR count). The summed E-state index contributed by atoms with van der Waals surface area (Å²) in [6.07, 6.45) is 2.91. The zero-order valence-corrected chi connectivity index (χ0v) is 11.7. The maximum absolute atomic E-state index is 13.6. The van der Waals surface area contributed by atoms with Gasteiger partial charge in [-0.15, -0.1) is 0 Å². The number of rotatable bonds is 8. The number of benzene rings is 1. The summed E-state index contributed by atoms with van der Waals surface area (Å²) in [5, 5.41) is 3.51. The topological polar surface area (TPSA) is 15.3 Å². The van der Waals surface area contributed by atoms with E-state index in [2.05, 4.69) is 31.2 Å². The average molecular weight is 252 g/mol. The summed E-state index contributed by atoms with van der Waals surface area (Å²) in [5.74, 6) is -0.0920. The van der Waals surface area contributed by atoms with Gasteiger partial charge < -0.3 is 10.2 Å². The third-order valence-electron chi connectivity index (χ3n) is 3.03. The SMILES string of the molecule is CCCNC(CCN(C)C)Cc1ccccc1F. The fraction of sp³-hybridized carbons (Fsp3) is 0.600. The molecule has 0 fully saturated rings. The average Bonchev–Trinajstić information content (AvgIpc) is 2.35. The van der Waals surface area contributed by atoms with Crippen molar-refractivity contribution in [2.24, 2.45) is 0 Å². The Labute approximate surface area is 110 Å². The second kappa shape index (κ2) is 8.22. The summed E-state index contributed by atoms with van der Waals surface area (Å²) in [6.45, 7) is 4.17. The van der Waals surface area contributed by atoms with Gasteiger partial charge in [-0.25, -0.2) is 4.39 Å². The highest BCUT2D eigenvalue weighted by Crippen LogP contribution is 2.11. The second-order valence-electron chi connectivity index (χ2n) is 5.04. The molecule has 2 nitrogen and oxygen atoms in total. The van der Waals surface area contributed by atoms with Gasteiger partial charge in [0.25, 0.3) is 0 Å². The normalized spacial score (nSPS) is 12.9. The van der Waals surface area contributed by atoms with Gasteiger partial charge in [-0.1, -0.05) is 25.1 Å². The Hall–Kier alpha value is -0.930. The van der Waals surface area contributed by atoms with Gasteiger partial charge in [0.05, 0.1) is 0 Å². The maximum atomic E-state index is 13.6. The van der Waals surface area contributed by atoms with E-state index in [0.29, 0.717) is 6.04 Å². The van der Waals surface area contributed by atoms with Crippen molar-refractivity contribution in [1.82, 2.24) is 10.2 Å². The summed E-state index contributed by atoms with van der Waals surface area (Å²) in [5.41, 5.74) is 0.810. The van der Waals surface area contributed by atoms with Gasteiger partial charge in [-0.2, -0.15) is 0 Å². The Morgan fingerprint density at radius 3 is 2.61 bits per heavy atom. The third-order valence-corrected chi connectivity index (χ3v) is 3.03. The van der Waals surface area contributed by atoms with E-state index in [1.165, 1.54) is 6.07 Å². The van der Waals surface area contributed by atoms with Crippen LogP contribution >= 0.6 is 0 Å². The number of halogens is 1. The summed E-state index contributed by atoms with van der Waals surface area (Å²) < 4.78 is 13.6. The van der Waals surface area contributed by atoms with E-state index in [-0.39, 0.29) is 5.82 Å². The lowest BCUT2D eigenvalue weighted by Gasteiger charge is -2.21. The minimum Gasteiger partial charge on any atom is -0.314 e. The van der Waals surface area contributed by atoms with E-state index in [1.807, 2.05) is 12.1 Å². The maximum Gasteiger partial charge on any atom is 0.126 e. The second-order valence-corrected chi connectivity index (χ2v) is 5.04. The van der Waals surface area contributed by atoms with Crippen molar-refractivity contribution in [2.45, 2.75) is 32.2 Å². The van der Waals surface area contributed by atoms with Crippen LogP contribution in [-0.4, -0.2) is 38.1 Å². The number of hydrogen-bond donors (Lipinski definition) is 1. The molecule has 0 aliphatic rings. The molecule has 0 bridgehead atoms. The third kappa shape index (κ3) is 5.61.